The first-order valence-corrected chi connectivity index (χ1v) is 6.65. The fraction of sp³-hybridized carbons (Fsp3) is 0.429. The van der Waals surface area contributed by atoms with Crippen LogP contribution in [0.25, 0.3) is 0 Å². The van der Waals surface area contributed by atoms with Crippen LogP contribution in [-0.4, -0.2) is 35.0 Å². The largest absolute Gasteiger partial charge is 0.491 e. The van der Waals surface area contributed by atoms with Gasteiger partial charge in [-0.05, 0) is 18.9 Å². The molecule has 1 heterocycles. The van der Waals surface area contributed by atoms with E-state index in [4.69, 9.17) is 15.7 Å². The summed E-state index contributed by atoms with van der Waals surface area (Å²) < 4.78 is 5.64. The molecule has 1 aromatic carbocycles. The van der Waals surface area contributed by atoms with Gasteiger partial charge in [-0.25, -0.2) is 0 Å². The van der Waals surface area contributed by atoms with Crippen LogP contribution < -0.4 is 10.5 Å². The second kappa shape index (κ2) is 4.70. The van der Waals surface area contributed by atoms with Gasteiger partial charge >= 0.3 is 0 Å². The minimum absolute atomic E-state index is 0.0148. The Kier molecular flexibility index (Phi) is 3.00. The Morgan fingerprint density at radius 1 is 1.40 bits per heavy atom. The molecule has 6 heteroatoms. The van der Waals surface area contributed by atoms with Gasteiger partial charge in [-0.2, -0.15) is 0 Å². The number of ether oxygens (including phenoxy) is 1. The lowest BCUT2D eigenvalue weighted by molar-refractivity contribution is -0.135. The first kappa shape index (κ1) is 12.8. The van der Waals surface area contributed by atoms with E-state index in [9.17, 15) is 4.79 Å². The summed E-state index contributed by atoms with van der Waals surface area (Å²) in [5, 5.41) is 11.9. The van der Waals surface area contributed by atoms with E-state index in [1.807, 2.05) is 24.3 Å². The lowest BCUT2D eigenvalue weighted by Gasteiger charge is -2.24. The van der Waals surface area contributed by atoms with Gasteiger partial charge < -0.3 is 20.6 Å². The molecule has 1 aromatic rings. The third-order valence-corrected chi connectivity index (χ3v) is 4.00. The summed E-state index contributed by atoms with van der Waals surface area (Å²) in [7, 11) is 0. The molecule has 6 nitrogen and oxygen atoms in total. The summed E-state index contributed by atoms with van der Waals surface area (Å²) in [6, 6.07) is 7.69. The zero-order valence-electron chi connectivity index (χ0n) is 11.1. The number of fused-ring (bicyclic) bond motifs is 1. The molecule has 0 unspecified atom stereocenters. The Morgan fingerprint density at radius 3 is 2.85 bits per heavy atom. The third kappa shape index (κ3) is 1.97. The minimum atomic E-state index is -0.798. The van der Waals surface area contributed by atoms with Crippen LogP contribution in [0, 0.1) is 5.41 Å². The van der Waals surface area contributed by atoms with Crippen molar-refractivity contribution < 1.29 is 14.7 Å². The number of hydrogen-bond acceptors (Lipinski definition) is 4. The number of amides is 1. The SMILES string of the molecule is N/C(=N/O)C1(C(=O)N2CCOc3ccccc3C2)CC1. The van der Waals surface area contributed by atoms with Gasteiger partial charge in [-0.1, -0.05) is 23.4 Å². The molecular weight excluding hydrogens is 258 g/mol. The zero-order chi connectivity index (χ0) is 14.2. The van der Waals surface area contributed by atoms with Gasteiger partial charge in [0.2, 0.25) is 5.91 Å². The molecule has 1 aliphatic heterocycles. The van der Waals surface area contributed by atoms with Crippen LogP contribution in [0.2, 0.25) is 0 Å². The second-order valence-corrected chi connectivity index (χ2v) is 5.25. The Bertz CT molecular complexity index is 567. The number of amidine groups is 1. The summed E-state index contributed by atoms with van der Waals surface area (Å²) in [6.07, 6.45) is 1.28. The van der Waals surface area contributed by atoms with Crippen LogP contribution in [0.15, 0.2) is 29.4 Å². The Labute approximate surface area is 116 Å². The molecule has 0 atom stereocenters. The number of rotatable bonds is 2. The van der Waals surface area contributed by atoms with Gasteiger partial charge in [0.05, 0.1) is 6.54 Å². The predicted octanol–water partition coefficient (Wildman–Crippen LogP) is 0.934. The normalized spacial score (nSPS) is 20.6. The number of benzene rings is 1. The highest BCUT2D eigenvalue weighted by Crippen LogP contribution is 2.47. The van der Waals surface area contributed by atoms with Gasteiger partial charge in [0.25, 0.3) is 0 Å². The Morgan fingerprint density at radius 2 is 2.15 bits per heavy atom. The van der Waals surface area contributed by atoms with Crippen molar-refractivity contribution in [3.8, 4) is 5.75 Å². The van der Waals surface area contributed by atoms with E-state index in [0.717, 1.165) is 11.3 Å². The Hall–Kier alpha value is -2.24. The van der Waals surface area contributed by atoms with Crippen molar-refractivity contribution in [3.05, 3.63) is 29.8 Å². The molecule has 1 amide bonds. The van der Waals surface area contributed by atoms with Crippen LogP contribution in [0.1, 0.15) is 18.4 Å². The van der Waals surface area contributed by atoms with Crippen LogP contribution >= 0.6 is 0 Å². The van der Waals surface area contributed by atoms with E-state index in [1.54, 1.807) is 4.90 Å². The number of oxime groups is 1. The van der Waals surface area contributed by atoms with Crippen molar-refractivity contribution in [2.24, 2.45) is 16.3 Å². The van der Waals surface area contributed by atoms with Crippen LogP contribution in [-0.2, 0) is 11.3 Å². The monoisotopic (exact) mass is 275 g/mol. The highest BCUT2D eigenvalue weighted by Gasteiger charge is 2.55. The molecule has 3 rings (SSSR count). The van der Waals surface area contributed by atoms with Crippen molar-refractivity contribution in [1.82, 2.24) is 4.90 Å². The highest BCUT2D eigenvalue weighted by molar-refractivity contribution is 6.09. The van der Waals surface area contributed by atoms with Crippen molar-refractivity contribution in [2.75, 3.05) is 13.2 Å². The standard InChI is InChI=1S/C14H17N3O3/c15-12(16-19)14(5-6-14)13(18)17-7-8-20-11-4-2-1-3-10(11)9-17/h1-4,19H,5-9H2,(H2,15,16). The molecule has 0 aromatic heterocycles. The van der Waals surface area contributed by atoms with E-state index >= 15 is 0 Å². The van der Waals surface area contributed by atoms with E-state index in [0.29, 0.717) is 32.5 Å². The molecule has 0 bridgehead atoms. The number of carbonyl (C=O) groups excluding carboxylic acids is 1. The van der Waals surface area contributed by atoms with Crippen molar-refractivity contribution in [2.45, 2.75) is 19.4 Å². The third-order valence-electron chi connectivity index (χ3n) is 4.00. The number of para-hydroxylation sites is 1. The second-order valence-electron chi connectivity index (χ2n) is 5.25. The molecule has 1 aliphatic carbocycles. The average molecular weight is 275 g/mol. The van der Waals surface area contributed by atoms with Crippen molar-refractivity contribution in [1.29, 1.82) is 0 Å². The maximum atomic E-state index is 12.6. The zero-order valence-corrected chi connectivity index (χ0v) is 11.1. The van der Waals surface area contributed by atoms with Gasteiger partial charge in [0.1, 0.15) is 17.8 Å². The van der Waals surface area contributed by atoms with Crippen molar-refractivity contribution >= 4 is 11.7 Å². The first-order chi connectivity index (χ1) is 9.67. The van der Waals surface area contributed by atoms with Crippen LogP contribution in [0.5, 0.6) is 5.75 Å². The number of carbonyl (C=O) groups is 1. The fourth-order valence-electron chi connectivity index (χ4n) is 2.60. The van der Waals surface area contributed by atoms with E-state index in [-0.39, 0.29) is 11.7 Å². The lowest BCUT2D eigenvalue weighted by Crippen LogP contribution is -2.44. The van der Waals surface area contributed by atoms with Gasteiger partial charge in [-0.15, -0.1) is 0 Å². The molecule has 3 N–H and O–H groups in total. The summed E-state index contributed by atoms with van der Waals surface area (Å²) in [5.41, 5.74) is 5.86. The molecule has 20 heavy (non-hydrogen) atoms. The van der Waals surface area contributed by atoms with E-state index < -0.39 is 5.41 Å². The predicted molar refractivity (Wildman–Crippen MR) is 72.4 cm³/mol. The molecule has 1 fully saturated rings. The minimum Gasteiger partial charge on any atom is -0.491 e. The number of nitrogens with zero attached hydrogens (tertiary/aromatic N) is 2. The van der Waals surface area contributed by atoms with E-state index in [2.05, 4.69) is 5.16 Å². The smallest absolute Gasteiger partial charge is 0.236 e. The number of hydrogen-bond donors (Lipinski definition) is 2. The number of nitrogens with two attached hydrogens (primary N) is 1. The summed E-state index contributed by atoms with van der Waals surface area (Å²) in [6.45, 7) is 1.46. The quantitative estimate of drug-likeness (QED) is 0.364. The van der Waals surface area contributed by atoms with Crippen molar-refractivity contribution in [3.63, 3.8) is 0 Å². The lowest BCUT2D eigenvalue weighted by atomic mass is 10.0. The van der Waals surface area contributed by atoms with Crippen LogP contribution in [0.3, 0.4) is 0 Å². The highest BCUT2D eigenvalue weighted by atomic mass is 16.5. The summed E-state index contributed by atoms with van der Waals surface area (Å²) in [5.74, 6) is 0.755. The maximum Gasteiger partial charge on any atom is 0.236 e. The molecule has 0 spiro atoms. The van der Waals surface area contributed by atoms with Gasteiger partial charge in [0, 0.05) is 12.1 Å². The van der Waals surface area contributed by atoms with E-state index in [1.165, 1.54) is 0 Å². The van der Waals surface area contributed by atoms with Gasteiger partial charge in [0.15, 0.2) is 5.84 Å². The topological polar surface area (TPSA) is 88.2 Å². The molecule has 1 saturated carbocycles. The average Bonchev–Trinajstić information content (AvgIpc) is 3.29. The molecule has 106 valence electrons. The Balaban J connectivity index is 1.83. The first-order valence-electron chi connectivity index (χ1n) is 6.65. The maximum absolute atomic E-state index is 12.6. The molecular formula is C14H17N3O3. The van der Waals surface area contributed by atoms with Gasteiger partial charge in [-0.3, -0.25) is 4.79 Å². The molecule has 0 saturated heterocycles. The van der Waals surface area contributed by atoms with Crippen LogP contribution in [0.4, 0.5) is 0 Å². The molecule has 0 radical (unpaired) electrons. The fourth-order valence-corrected chi connectivity index (χ4v) is 2.60. The molecule has 2 aliphatic rings. The summed E-state index contributed by atoms with van der Waals surface area (Å²) >= 11 is 0. The summed E-state index contributed by atoms with van der Waals surface area (Å²) in [4.78, 5) is 14.4.